The molecule has 2 aromatic rings. The van der Waals surface area contributed by atoms with Crippen LogP contribution in [0.1, 0.15) is 30.0 Å². The molecule has 7 heteroatoms. The molecule has 0 unspecified atom stereocenters. The third-order valence-electron chi connectivity index (χ3n) is 2.83. The molecule has 0 saturated heterocycles. The Morgan fingerprint density at radius 1 is 1.21 bits per heavy atom. The molecule has 1 N–H and O–H groups in total. The van der Waals surface area contributed by atoms with Crippen LogP contribution in [0.15, 0.2) is 51.2 Å². The molecule has 126 valence electrons. The monoisotopic (exact) mass is 392 g/mol. The van der Waals surface area contributed by atoms with E-state index in [1.54, 1.807) is 24.3 Å². The van der Waals surface area contributed by atoms with Gasteiger partial charge in [-0.1, -0.05) is 12.1 Å². The summed E-state index contributed by atoms with van der Waals surface area (Å²) in [5.41, 5.74) is 0.205. The Morgan fingerprint density at radius 2 is 1.88 bits per heavy atom. The Morgan fingerprint density at radius 3 is 2.38 bits per heavy atom. The van der Waals surface area contributed by atoms with E-state index in [2.05, 4.69) is 21.2 Å². The van der Waals surface area contributed by atoms with Crippen molar-refractivity contribution < 1.29 is 23.8 Å². The van der Waals surface area contributed by atoms with Gasteiger partial charge in [0.25, 0.3) is 5.91 Å². The Hall–Kier alpha value is -2.54. The van der Waals surface area contributed by atoms with Crippen molar-refractivity contribution in [2.75, 3.05) is 0 Å². The molecule has 0 atom stereocenters. The van der Waals surface area contributed by atoms with E-state index >= 15 is 0 Å². The van der Waals surface area contributed by atoms with Crippen LogP contribution in [-0.4, -0.2) is 18.0 Å². The highest BCUT2D eigenvalue weighted by Crippen LogP contribution is 2.16. The summed E-state index contributed by atoms with van der Waals surface area (Å²) >= 11 is 3.07. The fraction of sp³-hybridized carbons (Fsp3) is 0.176. The molecule has 1 heterocycles. The Kier molecular flexibility index (Phi) is 5.81. The summed E-state index contributed by atoms with van der Waals surface area (Å²) in [6.07, 6.45) is 1.33. The maximum absolute atomic E-state index is 12.0. The van der Waals surface area contributed by atoms with Crippen molar-refractivity contribution in [3.8, 4) is 5.75 Å². The molecule has 0 aliphatic heterocycles. The van der Waals surface area contributed by atoms with Crippen molar-refractivity contribution >= 4 is 33.9 Å². The van der Waals surface area contributed by atoms with Crippen LogP contribution in [0.4, 0.5) is 0 Å². The van der Waals surface area contributed by atoms with Crippen LogP contribution in [0.5, 0.6) is 5.75 Å². The van der Waals surface area contributed by atoms with Crippen molar-refractivity contribution in [2.24, 2.45) is 0 Å². The number of rotatable bonds is 6. The molecule has 0 spiro atoms. The van der Waals surface area contributed by atoms with Crippen LogP contribution in [0.3, 0.4) is 0 Å². The topological polar surface area (TPSA) is 91.6 Å². The molecule has 0 fully saturated rings. The van der Waals surface area contributed by atoms with E-state index in [9.17, 15) is 14.7 Å². The molecule has 0 radical (unpaired) electrons. The summed E-state index contributed by atoms with van der Waals surface area (Å²) in [4.78, 5) is 23.2. The van der Waals surface area contributed by atoms with Crippen molar-refractivity contribution in [3.63, 3.8) is 0 Å². The van der Waals surface area contributed by atoms with Crippen LogP contribution in [0.25, 0.3) is 6.08 Å². The number of amides is 1. The number of hydrogen-bond acceptors (Lipinski definition) is 5. The Balaban J connectivity index is 2.16. The van der Waals surface area contributed by atoms with E-state index in [1.807, 2.05) is 13.8 Å². The van der Waals surface area contributed by atoms with Gasteiger partial charge < -0.3 is 24.4 Å². The van der Waals surface area contributed by atoms with E-state index in [4.69, 9.17) is 9.15 Å². The molecule has 0 saturated carbocycles. The van der Waals surface area contributed by atoms with E-state index in [0.29, 0.717) is 16.0 Å². The second kappa shape index (κ2) is 7.83. The second-order valence-electron chi connectivity index (χ2n) is 5.14. The fourth-order valence-electron chi connectivity index (χ4n) is 1.85. The van der Waals surface area contributed by atoms with Crippen LogP contribution in [0, 0.1) is 0 Å². The number of carbonyl (C=O) groups is 2. The molecule has 1 aromatic heterocycles. The van der Waals surface area contributed by atoms with Crippen molar-refractivity contribution in [1.82, 2.24) is 5.32 Å². The van der Waals surface area contributed by atoms with E-state index < -0.39 is 11.9 Å². The number of halogens is 1. The first-order valence-electron chi connectivity index (χ1n) is 7.11. The molecule has 2 rings (SSSR count). The van der Waals surface area contributed by atoms with Crippen molar-refractivity contribution in [2.45, 2.75) is 20.0 Å². The number of nitrogens with one attached hydrogen (secondary N) is 1. The number of benzene rings is 1. The summed E-state index contributed by atoms with van der Waals surface area (Å²) < 4.78 is 11.0. The van der Waals surface area contributed by atoms with Gasteiger partial charge in [-0.2, -0.15) is 0 Å². The van der Waals surface area contributed by atoms with Crippen molar-refractivity contribution in [3.05, 3.63) is 58.1 Å². The average Bonchev–Trinajstić information content (AvgIpc) is 2.94. The third-order valence-corrected chi connectivity index (χ3v) is 3.25. The summed E-state index contributed by atoms with van der Waals surface area (Å²) in [5.74, 6) is -1.54. The largest absolute Gasteiger partial charge is 0.543 e. The van der Waals surface area contributed by atoms with Gasteiger partial charge in [-0.3, -0.25) is 4.79 Å². The third kappa shape index (κ3) is 4.99. The number of ether oxygens (including phenoxy) is 1. The van der Waals surface area contributed by atoms with Gasteiger partial charge in [-0.25, -0.2) is 0 Å². The van der Waals surface area contributed by atoms with Crippen LogP contribution >= 0.6 is 15.9 Å². The average molecular weight is 393 g/mol. The molecule has 0 bridgehead atoms. The Labute approximate surface area is 147 Å². The molecule has 1 amide bonds. The smallest absolute Gasteiger partial charge is 0.291 e. The zero-order valence-corrected chi connectivity index (χ0v) is 14.6. The lowest BCUT2D eigenvalue weighted by Gasteiger charge is -2.11. The normalized spacial score (nSPS) is 11.4. The molecule has 0 aliphatic carbocycles. The molecule has 6 nitrogen and oxygen atoms in total. The molecular formula is C17H15BrNO5-. The molecule has 1 aromatic carbocycles. The number of carbonyl (C=O) groups excluding carboxylic acids is 2. The summed E-state index contributed by atoms with van der Waals surface area (Å²) in [7, 11) is 0. The van der Waals surface area contributed by atoms with Crippen LogP contribution in [0.2, 0.25) is 0 Å². The summed E-state index contributed by atoms with van der Waals surface area (Å²) in [5, 5.41) is 13.5. The highest BCUT2D eigenvalue weighted by Gasteiger charge is 2.12. The Bertz CT molecular complexity index is 762. The maximum atomic E-state index is 12.0. The first kappa shape index (κ1) is 17.8. The standard InChI is InChI=1S/C17H16BrNO5/c1-10(2)23-12-5-3-11(4-6-12)9-13(17(21)22)19-16(20)14-7-8-15(18)24-14/h3-10H,1-2H3,(H,19,20)(H,21,22)/p-1/b13-9+. The lowest BCUT2D eigenvalue weighted by atomic mass is 10.2. The van der Waals surface area contributed by atoms with E-state index in [0.717, 1.165) is 0 Å². The quantitative estimate of drug-likeness (QED) is 0.761. The maximum Gasteiger partial charge on any atom is 0.291 e. The SMILES string of the molecule is CC(C)Oc1ccc(/C=C(/NC(=O)c2ccc(Br)o2)C(=O)[O-])cc1. The fourth-order valence-corrected chi connectivity index (χ4v) is 2.15. The van der Waals surface area contributed by atoms with Gasteiger partial charge in [0.15, 0.2) is 10.4 Å². The lowest BCUT2D eigenvalue weighted by Crippen LogP contribution is -2.35. The van der Waals surface area contributed by atoms with Crippen LogP contribution < -0.4 is 15.2 Å². The van der Waals surface area contributed by atoms with E-state index in [1.165, 1.54) is 18.2 Å². The number of furan rings is 1. The predicted molar refractivity (Wildman–Crippen MR) is 89.1 cm³/mol. The van der Waals surface area contributed by atoms with Gasteiger partial charge in [0.1, 0.15) is 5.75 Å². The predicted octanol–water partition coefficient (Wildman–Crippen LogP) is 2.35. The zero-order valence-electron chi connectivity index (χ0n) is 13.0. The lowest BCUT2D eigenvalue weighted by molar-refractivity contribution is -0.299. The van der Waals surface area contributed by atoms with Gasteiger partial charge in [0.05, 0.1) is 17.8 Å². The number of carboxylic acid groups (broad SMARTS) is 1. The first-order chi connectivity index (χ1) is 11.3. The summed E-state index contributed by atoms with van der Waals surface area (Å²) in [6, 6.07) is 9.73. The van der Waals surface area contributed by atoms with Crippen molar-refractivity contribution in [1.29, 1.82) is 0 Å². The minimum absolute atomic E-state index is 0.0188. The van der Waals surface area contributed by atoms with Crippen LogP contribution in [-0.2, 0) is 4.79 Å². The zero-order chi connectivity index (χ0) is 17.7. The highest BCUT2D eigenvalue weighted by molar-refractivity contribution is 9.10. The molecular weight excluding hydrogens is 378 g/mol. The molecule has 0 aliphatic rings. The van der Waals surface area contributed by atoms with Gasteiger partial charge in [-0.05, 0) is 65.7 Å². The number of hydrogen-bond donors (Lipinski definition) is 1. The number of carboxylic acids is 1. The minimum Gasteiger partial charge on any atom is -0.543 e. The molecule has 24 heavy (non-hydrogen) atoms. The minimum atomic E-state index is -1.50. The second-order valence-corrected chi connectivity index (χ2v) is 5.92. The number of aliphatic carboxylic acids is 1. The van der Waals surface area contributed by atoms with Gasteiger partial charge in [0.2, 0.25) is 0 Å². The van der Waals surface area contributed by atoms with E-state index in [-0.39, 0.29) is 17.6 Å². The summed E-state index contributed by atoms with van der Waals surface area (Å²) in [6.45, 7) is 3.81. The van der Waals surface area contributed by atoms with Gasteiger partial charge >= 0.3 is 0 Å². The highest BCUT2D eigenvalue weighted by atomic mass is 79.9. The van der Waals surface area contributed by atoms with Gasteiger partial charge in [-0.15, -0.1) is 0 Å². The van der Waals surface area contributed by atoms with Gasteiger partial charge in [0, 0.05) is 0 Å². The first-order valence-corrected chi connectivity index (χ1v) is 7.91.